The molecule has 7 heteroatoms. The lowest BCUT2D eigenvalue weighted by molar-refractivity contribution is -0.183. The number of alkyl halides is 3. The predicted octanol–water partition coefficient (Wildman–Crippen LogP) is 3.49. The summed E-state index contributed by atoms with van der Waals surface area (Å²) in [5, 5.41) is 2.70. The Balaban J connectivity index is 1.70. The third kappa shape index (κ3) is 3.48. The van der Waals surface area contributed by atoms with E-state index in [0.29, 0.717) is 18.5 Å². The minimum atomic E-state index is -4.19. The van der Waals surface area contributed by atoms with E-state index in [-0.39, 0.29) is 18.5 Å². The van der Waals surface area contributed by atoms with E-state index >= 15 is 0 Å². The van der Waals surface area contributed by atoms with E-state index in [1.54, 1.807) is 16.8 Å². The Morgan fingerprint density at radius 3 is 2.91 bits per heavy atom. The summed E-state index contributed by atoms with van der Waals surface area (Å²) in [6.07, 6.45) is 0.336. The van der Waals surface area contributed by atoms with Gasteiger partial charge in [0.05, 0.1) is 5.92 Å². The molecule has 4 nitrogen and oxygen atoms in total. The Bertz CT molecular complexity index is 723. The van der Waals surface area contributed by atoms with Crippen LogP contribution in [0.5, 0.6) is 0 Å². The zero-order valence-electron chi connectivity index (χ0n) is 12.7. The van der Waals surface area contributed by atoms with Gasteiger partial charge in [-0.25, -0.2) is 4.98 Å². The minimum absolute atomic E-state index is 0.0538. The highest BCUT2D eigenvalue weighted by Crippen LogP contribution is 2.37. The number of fused-ring (bicyclic) bond motifs is 1. The second kappa shape index (κ2) is 5.86. The molecule has 0 bridgehead atoms. The van der Waals surface area contributed by atoms with Gasteiger partial charge in [0.15, 0.2) is 0 Å². The molecule has 23 heavy (non-hydrogen) atoms. The summed E-state index contributed by atoms with van der Waals surface area (Å²) in [7, 11) is 0. The van der Waals surface area contributed by atoms with E-state index in [9.17, 15) is 18.0 Å². The molecule has 1 aliphatic rings. The summed E-state index contributed by atoms with van der Waals surface area (Å²) in [4.78, 5) is 16.5. The fraction of sp³-hybridized carbons (Fsp3) is 0.500. The van der Waals surface area contributed by atoms with Crippen molar-refractivity contribution in [3.05, 3.63) is 35.8 Å². The summed E-state index contributed by atoms with van der Waals surface area (Å²) in [5.41, 5.74) is 1.90. The zero-order chi connectivity index (χ0) is 16.6. The van der Waals surface area contributed by atoms with Gasteiger partial charge in [-0.05, 0) is 43.9 Å². The smallest absolute Gasteiger partial charge is 0.348 e. The Morgan fingerprint density at radius 1 is 1.39 bits per heavy atom. The number of hydrogen-bond acceptors (Lipinski definition) is 2. The van der Waals surface area contributed by atoms with Crippen molar-refractivity contribution in [1.29, 1.82) is 0 Å². The molecule has 0 radical (unpaired) electrons. The molecule has 124 valence electrons. The fourth-order valence-corrected chi connectivity index (χ4v) is 3.07. The maximum absolute atomic E-state index is 12.8. The van der Waals surface area contributed by atoms with Crippen LogP contribution < -0.4 is 5.32 Å². The van der Waals surface area contributed by atoms with Gasteiger partial charge < -0.3 is 9.72 Å². The van der Waals surface area contributed by atoms with E-state index in [2.05, 4.69) is 10.3 Å². The Hall–Kier alpha value is -2.05. The van der Waals surface area contributed by atoms with Gasteiger partial charge in [-0.1, -0.05) is 6.42 Å². The Kier molecular flexibility index (Phi) is 4.04. The lowest BCUT2D eigenvalue weighted by Crippen LogP contribution is -2.41. The summed E-state index contributed by atoms with van der Waals surface area (Å²) in [5.74, 6) is -1.75. The van der Waals surface area contributed by atoms with Crippen LogP contribution in [0.1, 0.15) is 41.7 Å². The summed E-state index contributed by atoms with van der Waals surface area (Å²) in [6.45, 7) is 1.92. The highest BCUT2D eigenvalue weighted by atomic mass is 19.4. The molecule has 1 aliphatic carbocycles. The molecule has 0 spiro atoms. The lowest BCUT2D eigenvalue weighted by Gasteiger charge is -2.30. The van der Waals surface area contributed by atoms with E-state index < -0.39 is 24.0 Å². The number of nitrogens with one attached hydrogen (secondary N) is 1. The molecule has 2 aromatic heterocycles. The number of aryl methyl sites for hydroxylation is 1. The van der Waals surface area contributed by atoms with Crippen LogP contribution in [0.25, 0.3) is 5.65 Å². The zero-order valence-corrected chi connectivity index (χ0v) is 12.7. The minimum Gasteiger partial charge on any atom is -0.348 e. The van der Waals surface area contributed by atoms with Crippen LogP contribution >= 0.6 is 0 Å². The Morgan fingerprint density at radius 2 is 2.17 bits per heavy atom. The third-order valence-corrected chi connectivity index (χ3v) is 4.32. The van der Waals surface area contributed by atoms with Crippen LogP contribution in [-0.2, 0) is 0 Å². The van der Waals surface area contributed by atoms with Crippen LogP contribution in [0.4, 0.5) is 13.2 Å². The molecule has 2 aromatic rings. The number of rotatable bonds is 2. The highest BCUT2D eigenvalue weighted by molar-refractivity contribution is 5.93. The molecule has 1 fully saturated rings. The molecule has 3 rings (SSSR count). The Labute approximate surface area is 131 Å². The van der Waals surface area contributed by atoms with Crippen molar-refractivity contribution >= 4 is 11.6 Å². The van der Waals surface area contributed by atoms with Crippen LogP contribution in [0.2, 0.25) is 0 Å². The van der Waals surface area contributed by atoms with Crippen LogP contribution in [0.3, 0.4) is 0 Å². The average Bonchev–Trinajstić information content (AvgIpc) is 2.90. The van der Waals surface area contributed by atoms with Gasteiger partial charge in [0.2, 0.25) is 0 Å². The molecule has 2 atom stereocenters. The number of nitrogens with zero attached hydrogens (tertiary/aromatic N) is 2. The van der Waals surface area contributed by atoms with Gasteiger partial charge in [0.1, 0.15) is 11.3 Å². The quantitative estimate of drug-likeness (QED) is 0.919. The van der Waals surface area contributed by atoms with Gasteiger partial charge in [-0.3, -0.25) is 4.79 Å². The van der Waals surface area contributed by atoms with Crippen molar-refractivity contribution in [3.63, 3.8) is 0 Å². The third-order valence-electron chi connectivity index (χ3n) is 4.32. The second-order valence-corrected chi connectivity index (χ2v) is 6.17. The SMILES string of the molecule is Cc1ccn2cc(C(=O)NC3CCCC(C(F)(F)F)C3)nc2c1. The number of amides is 1. The van der Waals surface area contributed by atoms with Crippen molar-refractivity contribution < 1.29 is 18.0 Å². The number of hydrogen-bond donors (Lipinski definition) is 1. The second-order valence-electron chi connectivity index (χ2n) is 6.17. The predicted molar refractivity (Wildman–Crippen MR) is 79.2 cm³/mol. The highest BCUT2D eigenvalue weighted by Gasteiger charge is 2.42. The molecular weight excluding hydrogens is 307 g/mol. The molecule has 0 aliphatic heterocycles. The molecular formula is C16H18F3N3O. The van der Waals surface area contributed by atoms with Crippen molar-refractivity contribution in [1.82, 2.24) is 14.7 Å². The van der Waals surface area contributed by atoms with Crippen LogP contribution in [0, 0.1) is 12.8 Å². The molecule has 2 unspecified atom stereocenters. The number of aromatic nitrogens is 2. The van der Waals surface area contributed by atoms with Crippen molar-refractivity contribution in [2.24, 2.45) is 5.92 Å². The largest absolute Gasteiger partial charge is 0.391 e. The van der Waals surface area contributed by atoms with Crippen LogP contribution in [-0.4, -0.2) is 27.5 Å². The first-order chi connectivity index (χ1) is 10.8. The molecule has 1 amide bonds. The van der Waals surface area contributed by atoms with Crippen molar-refractivity contribution in [3.8, 4) is 0 Å². The summed E-state index contributed by atoms with van der Waals surface area (Å²) in [6, 6.07) is 3.29. The van der Waals surface area contributed by atoms with Crippen LogP contribution in [0.15, 0.2) is 24.5 Å². The van der Waals surface area contributed by atoms with E-state index in [1.165, 1.54) is 0 Å². The van der Waals surface area contributed by atoms with Crippen molar-refractivity contribution in [2.75, 3.05) is 0 Å². The first kappa shape index (κ1) is 15.8. The summed E-state index contributed by atoms with van der Waals surface area (Å²) < 4.78 is 40.2. The number of halogens is 3. The summed E-state index contributed by atoms with van der Waals surface area (Å²) >= 11 is 0. The first-order valence-corrected chi connectivity index (χ1v) is 7.66. The van der Waals surface area contributed by atoms with E-state index in [1.807, 2.05) is 19.1 Å². The standard InChI is InChI=1S/C16H18F3N3O/c1-10-5-6-22-9-13(21-14(22)7-10)15(23)20-12-4-2-3-11(8-12)16(17,18)19/h5-7,9,11-12H,2-4,8H2,1H3,(H,20,23). The molecule has 0 aromatic carbocycles. The van der Waals surface area contributed by atoms with Gasteiger partial charge >= 0.3 is 6.18 Å². The normalized spacial score (nSPS) is 22.3. The monoisotopic (exact) mass is 325 g/mol. The van der Waals surface area contributed by atoms with Crippen molar-refractivity contribution in [2.45, 2.75) is 44.8 Å². The molecule has 0 saturated heterocycles. The number of carbonyl (C=O) groups is 1. The van der Waals surface area contributed by atoms with Gasteiger partial charge in [0, 0.05) is 18.4 Å². The molecule has 2 heterocycles. The maximum atomic E-state index is 12.8. The van der Waals surface area contributed by atoms with Gasteiger partial charge in [-0.2, -0.15) is 13.2 Å². The maximum Gasteiger partial charge on any atom is 0.391 e. The lowest BCUT2D eigenvalue weighted by atomic mass is 9.85. The topological polar surface area (TPSA) is 46.4 Å². The first-order valence-electron chi connectivity index (χ1n) is 7.66. The van der Waals surface area contributed by atoms with E-state index in [4.69, 9.17) is 0 Å². The number of imidazole rings is 1. The average molecular weight is 325 g/mol. The molecule has 1 N–H and O–H groups in total. The fourth-order valence-electron chi connectivity index (χ4n) is 3.07. The number of carbonyl (C=O) groups excluding carboxylic acids is 1. The molecule has 1 saturated carbocycles. The van der Waals surface area contributed by atoms with Gasteiger partial charge in [0.25, 0.3) is 5.91 Å². The van der Waals surface area contributed by atoms with E-state index in [0.717, 1.165) is 5.56 Å². The van der Waals surface area contributed by atoms with Gasteiger partial charge in [-0.15, -0.1) is 0 Å². The number of pyridine rings is 1.